The van der Waals surface area contributed by atoms with Gasteiger partial charge in [-0.15, -0.1) is 0 Å². The Morgan fingerprint density at radius 1 is 1.00 bits per heavy atom. The van der Waals surface area contributed by atoms with E-state index in [1.807, 2.05) is 0 Å². The van der Waals surface area contributed by atoms with Crippen LogP contribution in [-0.2, 0) is 4.79 Å². The van der Waals surface area contributed by atoms with Gasteiger partial charge in [-0.1, -0.05) is 32.1 Å². The van der Waals surface area contributed by atoms with Crippen LogP contribution < -0.4 is 0 Å². The van der Waals surface area contributed by atoms with Crippen molar-refractivity contribution in [2.45, 2.75) is 63.4 Å². The molecule has 0 bridgehead atoms. The summed E-state index contributed by atoms with van der Waals surface area (Å²) in [5, 5.41) is 10.6. The van der Waals surface area contributed by atoms with Crippen LogP contribution in [0.25, 0.3) is 0 Å². The summed E-state index contributed by atoms with van der Waals surface area (Å²) in [6.45, 7) is 0. The van der Waals surface area contributed by atoms with Crippen LogP contribution in [0.2, 0.25) is 0 Å². The molecule has 0 aromatic carbocycles. The maximum absolute atomic E-state index is 11.0. The number of hydrogen-bond acceptors (Lipinski definition) is 2. The second kappa shape index (κ2) is 4.65. The molecule has 2 unspecified atom stereocenters. The topological polar surface area (TPSA) is 37.3 Å². The molecule has 2 saturated carbocycles. The van der Waals surface area contributed by atoms with Crippen molar-refractivity contribution in [1.82, 2.24) is 0 Å². The Morgan fingerprint density at radius 2 is 1.67 bits per heavy atom. The predicted octanol–water partition coefficient (Wildman–Crippen LogP) is 2.69. The number of hydrogen-bond donors (Lipinski definition) is 1. The molecular weight excluding hydrogens is 188 g/mol. The van der Waals surface area contributed by atoms with Gasteiger partial charge in [0, 0.05) is 5.92 Å². The number of carbonyl (C=O) groups is 1. The average Bonchev–Trinajstić information content (AvgIpc) is 2.30. The van der Waals surface area contributed by atoms with Crippen LogP contribution in [0, 0.1) is 11.8 Å². The van der Waals surface area contributed by atoms with Crippen molar-refractivity contribution >= 4 is 6.29 Å². The minimum absolute atomic E-state index is 0.127. The van der Waals surface area contributed by atoms with E-state index in [1.54, 1.807) is 0 Å². The normalized spacial score (nSPS) is 36.1. The fourth-order valence-electron chi connectivity index (χ4n) is 3.52. The fourth-order valence-corrected chi connectivity index (χ4v) is 3.52. The third kappa shape index (κ3) is 2.25. The van der Waals surface area contributed by atoms with Crippen molar-refractivity contribution in [3.63, 3.8) is 0 Å². The summed E-state index contributed by atoms with van der Waals surface area (Å²) in [6, 6.07) is 0. The molecule has 0 saturated heterocycles. The van der Waals surface area contributed by atoms with Crippen molar-refractivity contribution in [1.29, 1.82) is 0 Å². The Hall–Kier alpha value is -0.370. The highest BCUT2D eigenvalue weighted by molar-refractivity contribution is 5.54. The van der Waals surface area contributed by atoms with E-state index in [9.17, 15) is 9.90 Å². The zero-order valence-corrected chi connectivity index (χ0v) is 9.45. The first kappa shape index (κ1) is 11.1. The highest BCUT2D eigenvalue weighted by atomic mass is 16.3. The Morgan fingerprint density at radius 3 is 2.33 bits per heavy atom. The van der Waals surface area contributed by atoms with Gasteiger partial charge in [-0.05, 0) is 31.6 Å². The number of aliphatic hydroxyl groups is 1. The molecule has 2 heteroatoms. The van der Waals surface area contributed by atoms with Crippen LogP contribution in [0.15, 0.2) is 0 Å². The SMILES string of the molecule is O=CC1CCCCC1C1(O)CCCCC1. The highest BCUT2D eigenvalue weighted by Crippen LogP contribution is 2.43. The van der Waals surface area contributed by atoms with Gasteiger partial charge in [0.15, 0.2) is 0 Å². The predicted molar refractivity (Wildman–Crippen MR) is 59.5 cm³/mol. The third-order valence-corrected chi connectivity index (χ3v) is 4.40. The Bertz CT molecular complexity index is 219. The molecule has 2 fully saturated rings. The van der Waals surface area contributed by atoms with E-state index in [0.717, 1.165) is 51.2 Å². The second-order valence-corrected chi connectivity index (χ2v) is 5.36. The van der Waals surface area contributed by atoms with Crippen LogP contribution in [-0.4, -0.2) is 17.0 Å². The lowest BCUT2D eigenvalue weighted by Gasteiger charge is -2.43. The molecule has 2 aliphatic carbocycles. The van der Waals surface area contributed by atoms with E-state index < -0.39 is 5.60 Å². The van der Waals surface area contributed by atoms with E-state index in [2.05, 4.69) is 0 Å². The van der Waals surface area contributed by atoms with Gasteiger partial charge in [0.2, 0.25) is 0 Å². The van der Waals surface area contributed by atoms with E-state index in [1.165, 1.54) is 12.8 Å². The van der Waals surface area contributed by atoms with Crippen molar-refractivity contribution in [3.05, 3.63) is 0 Å². The van der Waals surface area contributed by atoms with Crippen molar-refractivity contribution < 1.29 is 9.90 Å². The highest BCUT2D eigenvalue weighted by Gasteiger charge is 2.42. The first-order valence-electron chi connectivity index (χ1n) is 6.44. The minimum Gasteiger partial charge on any atom is -0.390 e. The second-order valence-electron chi connectivity index (χ2n) is 5.36. The van der Waals surface area contributed by atoms with E-state index in [-0.39, 0.29) is 11.8 Å². The van der Waals surface area contributed by atoms with Gasteiger partial charge in [0.05, 0.1) is 5.60 Å². The number of rotatable bonds is 2. The molecule has 2 atom stereocenters. The minimum atomic E-state index is -0.510. The van der Waals surface area contributed by atoms with Crippen LogP contribution in [0.4, 0.5) is 0 Å². The van der Waals surface area contributed by atoms with Crippen LogP contribution in [0.3, 0.4) is 0 Å². The fraction of sp³-hybridized carbons (Fsp3) is 0.923. The van der Waals surface area contributed by atoms with Crippen molar-refractivity contribution in [3.8, 4) is 0 Å². The van der Waals surface area contributed by atoms with Crippen LogP contribution in [0.5, 0.6) is 0 Å². The lowest BCUT2D eigenvalue weighted by atomic mass is 9.65. The summed E-state index contributed by atoms with van der Waals surface area (Å²) < 4.78 is 0. The van der Waals surface area contributed by atoms with Gasteiger partial charge in [-0.25, -0.2) is 0 Å². The van der Waals surface area contributed by atoms with E-state index in [0.29, 0.717) is 0 Å². The molecule has 0 aliphatic heterocycles. The quantitative estimate of drug-likeness (QED) is 0.711. The zero-order valence-electron chi connectivity index (χ0n) is 9.45. The summed E-state index contributed by atoms with van der Waals surface area (Å²) in [6.07, 6.45) is 10.9. The standard InChI is InChI=1S/C13H22O2/c14-10-11-6-2-3-7-12(11)13(15)8-4-1-5-9-13/h10-12,15H,1-9H2. The van der Waals surface area contributed by atoms with Gasteiger partial charge in [-0.3, -0.25) is 0 Å². The molecule has 0 aromatic rings. The summed E-state index contributed by atoms with van der Waals surface area (Å²) >= 11 is 0. The molecule has 1 N–H and O–H groups in total. The van der Waals surface area contributed by atoms with E-state index >= 15 is 0 Å². The smallest absolute Gasteiger partial charge is 0.123 e. The molecule has 0 aromatic heterocycles. The molecule has 2 nitrogen and oxygen atoms in total. The summed E-state index contributed by atoms with van der Waals surface area (Å²) in [5.41, 5.74) is -0.510. The molecule has 15 heavy (non-hydrogen) atoms. The van der Waals surface area contributed by atoms with Crippen molar-refractivity contribution in [2.24, 2.45) is 11.8 Å². The van der Waals surface area contributed by atoms with Crippen molar-refractivity contribution in [2.75, 3.05) is 0 Å². The van der Waals surface area contributed by atoms with Gasteiger partial charge < -0.3 is 9.90 Å². The van der Waals surface area contributed by atoms with Gasteiger partial charge in [-0.2, -0.15) is 0 Å². The third-order valence-electron chi connectivity index (χ3n) is 4.40. The summed E-state index contributed by atoms with van der Waals surface area (Å²) in [4.78, 5) is 11.0. The number of aldehydes is 1. The Kier molecular flexibility index (Phi) is 3.45. The molecule has 2 rings (SSSR count). The monoisotopic (exact) mass is 210 g/mol. The summed E-state index contributed by atoms with van der Waals surface area (Å²) in [7, 11) is 0. The van der Waals surface area contributed by atoms with Gasteiger partial charge in [0.1, 0.15) is 6.29 Å². The molecule has 0 amide bonds. The Balaban J connectivity index is 2.07. The van der Waals surface area contributed by atoms with Crippen LogP contribution in [0.1, 0.15) is 57.8 Å². The van der Waals surface area contributed by atoms with Crippen LogP contribution >= 0.6 is 0 Å². The maximum atomic E-state index is 11.0. The van der Waals surface area contributed by atoms with Gasteiger partial charge in [0.25, 0.3) is 0 Å². The molecule has 2 aliphatic rings. The Labute approximate surface area is 92.1 Å². The lowest BCUT2D eigenvalue weighted by molar-refractivity contribution is -0.124. The summed E-state index contributed by atoms with van der Waals surface area (Å²) in [5.74, 6) is 0.380. The van der Waals surface area contributed by atoms with Gasteiger partial charge >= 0.3 is 0 Å². The van der Waals surface area contributed by atoms with E-state index in [4.69, 9.17) is 0 Å². The number of carbonyl (C=O) groups excluding carboxylic acids is 1. The molecule has 0 heterocycles. The maximum Gasteiger partial charge on any atom is 0.123 e. The first-order chi connectivity index (χ1) is 7.26. The largest absolute Gasteiger partial charge is 0.390 e. The zero-order chi connectivity index (χ0) is 10.7. The molecular formula is C13H22O2. The molecule has 0 radical (unpaired) electrons. The first-order valence-corrected chi connectivity index (χ1v) is 6.44. The average molecular weight is 210 g/mol. The lowest BCUT2D eigenvalue weighted by Crippen LogP contribution is -2.45. The molecule has 86 valence electrons. The molecule has 0 spiro atoms.